The summed E-state index contributed by atoms with van der Waals surface area (Å²) in [5.74, 6) is -1.94. The van der Waals surface area contributed by atoms with Gasteiger partial charge in [0.2, 0.25) is 5.79 Å². The topological polar surface area (TPSA) is 46.5 Å². The summed E-state index contributed by atoms with van der Waals surface area (Å²) in [5, 5.41) is 9.81. The van der Waals surface area contributed by atoms with Crippen molar-refractivity contribution in [2.45, 2.75) is 57.7 Å². The molecule has 1 atom stereocenters. The predicted molar refractivity (Wildman–Crippen MR) is 85.6 cm³/mol. The van der Waals surface area contributed by atoms with E-state index in [2.05, 4.69) is 31.2 Å². The van der Waals surface area contributed by atoms with Crippen molar-refractivity contribution in [1.29, 1.82) is 0 Å². The summed E-state index contributed by atoms with van der Waals surface area (Å²) in [5.41, 5.74) is 0. The number of hydrogen-bond acceptors (Lipinski definition) is 3. The summed E-state index contributed by atoms with van der Waals surface area (Å²) >= 11 is 0. The quantitative estimate of drug-likeness (QED) is 0.372. The molecule has 0 spiro atoms. The Bertz CT molecular complexity index is 418. The molecule has 0 saturated heterocycles. The number of carbonyl (C=O) groups excluding carboxylic acids is 1. The molecule has 0 aromatic heterocycles. The second kappa shape index (κ2) is 10.2. The molecule has 0 bridgehead atoms. The van der Waals surface area contributed by atoms with E-state index in [1.54, 1.807) is 0 Å². The van der Waals surface area contributed by atoms with Crippen LogP contribution in [0.1, 0.15) is 51.9 Å². The van der Waals surface area contributed by atoms with Crippen molar-refractivity contribution in [2.24, 2.45) is 0 Å². The average molecular weight is 290 g/mol. The van der Waals surface area contributed by atoms with Crippen molar-refractivity contribution < 1.29 is 14.6 Å². The molecule has 0 aromatic rings. The van der Waals surface area contributed by atoms with Crippen molar-refractivity contribution in [3.63, 3.8) is 0 Å². The van der Waals surface area contributed by atoms with Gasteiger partial charge >= 0.3 is 5.97 Å². The first-order chi connectivity index (χ1) is 10.2. The Morgan fingerprint density at radius 3 is 2.38 bits per heavy atom. The molecule has 1 unspecified atom stereocenters. The lowest BCUT2D eigenvalue weighted by molar-refractivity contribution is -0.176. The SMILES string of the molecule is CCCCCC=CCC=CCC=CCC1(O)C=CC(=O)O1. The van der Waals surface area contributed by atoms with E-state index in [1.165, 1.54) is 37.8 Å². The molecule has 1 N–H and O–H groups in total. The zero-order valence-corrected chi connectivity index (χ0v) is 12.8. The van der Waals surface area contributed by atoms with Gasteiger partial charge in [-0.2, -0.15) is 0 Å². The molecule has 0 fully saturated rings. The number of carbonyl (C=O) groups is 1. The Morgan fingerprint density at radius 2 is 1.76 bits per heavy atom. The van der Waals surface area contributed by atoms with Gasteiger partial charge in [0.15, 0.2) is 0 Å². The van der Waals surface area contributed by atoms with Gasteiger partial charge in [0, 0.05) is 12.5 Å². The van der Waals surface area contributed by atoms with Crippen LogP contribution in [0, 0.1) is 0 Å². The van der Waals surface area contributed by atoms with E-state index in [0.29, 0.717) is 6.42 Å². The number of esters is 1. The van der Waals surface area contributed by atoms with Crippen LogP contribution in [0.3, 0.4) is 0 Å². The number of rotatable bonds is 10. The standard InChI is InChI=1S/C18H26O3/c1-2-3-4-5-6-7-8-9-10-11-12-13-15-18(20)16-14-17(19)21-18/h6-7,9-10,12-14,16,20H,2-5,8,11,15H2,1H3. The molecule has 0 saturated carbocycles. The van der Waals surface area contributed by atoms with Gasteiger partial charge in [-0.25, -0.2) is 4.79 Å². The van der Waals surface area contributed by atoms with Crippen LogP contribution in [0.15, 0.2) is 48.6 Å². The summed E-state index contributed by atoms with van der Waals surface area (Å²) < 4.78 is 4.78. The summed E-state index contributed by atoms with van der Waals surface area (Å²) in [6.45, 7) is 2.21. The van der Waals surface area contributed by atoms with Gasteiger partial charge in [-0.05, 0) is 31.8 Å². The summed E-state index contributed by atoms with van der Waals surface area (Å²) in [6.07, 6.45) is 22.2. The minimum atomic E-state index is -1.45. The fourth-order valence-corrected chi connectivity index (χ4v) is 1.97. The molecule has 1 aliphatic rings. The first-order valence-corrected chi connectivity index (χ1v) is 7.76. The number of aliphatic hydroxyl groups is 1. The number of allylic oxidation sites excluding steroid dienone is 5. The van der Waals surface area contributed by atoms with Gasteiger partial charge in [0.1, 0.15) is 0 Å². The highest BCUT2D eigenvalue weighted by molar-refractivity contribution is 5.84. The Balaban J connectivity index is 2.05. The molecule has 0 radical (unpaired) electrons. The average Bonchev–Trinajstić information content (AvgIpc) is 2.80. The van der Waals surface area contributed by atoms with Gasteiger partial charge < -0.3 is 9.84 Å². The summed E-state index contributed by atoms with van der Waals surface area (Å²) in [4.78, 5) is 10.9. The van der Waals surface area contributed by atoms with Gasteiger partial charge in [-0.3, -0.25) is 0 Å². The van der Waals surface area contributed by atoms with E-state index < -0.39 is 11.8 Å². The van der Waals surface area contributed by atoms with Gasteiger partial charge in [0.05, 0.1) is 0 Å². The molecule has 116 valence electrons. The van der Waals surface area contributed by atoms with Crippen LogP contribution in [0.25, 0.3) is 0 Å². The highest BCUT2D eigenvalue weighted by atomic mass is 16.7. The third-order valence-electron chi connectivity index (χ3n) is 3.19. The monoisotopic (exact) mass is 290 g/mol. The third-order valence-corrected chi connectivity index (χ3v) is 3.19. The summed E-state index contributed by atoms with van der Waals surface area (Å²) in [6, 6.07) is 0. The molecule has 0 amide bonds. The lowest BCUT2D eigenvalue weighted by atomic mass is 10.1. The fraction of sp³-hybridized carbons (Fsp3) is 0.500. The first kappa shape index (κ1) is 17.4. The zero-order chi connectivity index (χ0) is 15.4. The predicted octanol–water partition coefficient (Wildman–Crippen LogP) is 4.21. The van der Waals surface area contributed by atoms with Crippen LogP contribution in [0.2, 0.25) is 0 Å². The fourth-order valence-electron chi connectivity index (χ4n) is 1.97. The molecule has 0 aromatic carbocycles. The highest BCUT2D eigenvalue weighted by Crippen LogP contribution is 2.20. The maximum atomic E-state index is 10.9. The van der Waals surface area contributed by atoms with E-state index in [1.807, 2.05) is 12.2 Å². The molecule has 1 aliphatic heterocycles. The van der Waals surface area contributed by atoms with Crippen molar-refractivity contribution in [3.05, 3.63) is 48.6 Å². The van der Waals surface area contributed by atoms with Crippen LogP contribution in [0.5, 0.6) is 0 Å². The number of unbranched alkanes of at least 4 members (excludes halogenated alkanes) is 3. The van der Waals surface area contributed by atoms with E-state index in [-0.39, 0.29) is 0 Å². The summed E-state index contributed by atoms with van der Waals surface area (Å²) in [7, 11) is 0. The smallest absolute Gasteiger partial charge is 0.333 e. The van der Waals surface area contributed by atoms with Crippen molar-refractivity contribution in [1.82, 2.24) is 0 Å². The van der Waals surface area contributed by atoms with Crippen LogP contribution in [-0.2, 0) is 9.53 Å². The number of cyclic esters (lactones) is 1. The molecule has 3 heteroatoms. The maximum Gasteiger partial charge on any atom is 0.333 e. The Morgan fingerprint density at radius 1 is 1.10 bits per heavy atom. The van der Waals surface area contributed by atoms with E-state index in [4.69, 9.17) is 4.74 Å². The maximum absolute atomic E-state index is 10.9. The molecule has 1 heterocycles. The van der Waals surface area contributed by atoms with Crippen molar-refractivity contribution in [2.75, 3.05) is 0 Å². The molecular formula is C18H26O3. The lowest BCUT2D eigenvalue weighted by Gasteiger charge is -2.17. The molecule has 1 rings (SSSR count). The molecule has 3 nitrogen and oxygen atoms in total. The van der Waals surface area contributed by atoms with Crippen LogP contribution in [0.4, 0.5) is 0 Å². The number of hydrogen-bond donors (Lipinski definition) is 1. The normalized spacial score (nSPS) is 22.1. The molecule has 0 aliphatic carbocycles. The third kappa shape index (κ3) is 8.30. The van der Waals surface area contributed by atoms with Gasteiger partial charge in [-0.1, -0.05) is 56.2 Å². The minimum Gasteiger partial charge on any atom is -0.426 e. The van der Waals surface area contributed by atoms with Gasteiger partial charge in [0.25, 0.3) is 0 Å². The van der Waals surface area contributed by atoms with Gasteiger partial charge in [-0.15, -0.1) is 0 Å². The highest BCUT2D eigenvalue weighted by Gasteiger charge is 2.31. The second-order valence-electron chi connectivity index (χ2n) is 5.18. The minimum absolute atomic E-state index is 0.292. The zero-order valence-electron chi connectivity index (χ0n) is 12.8. The van der Waals surface area contributed by atoms with E-state index in [9.17, 15) is 9.90 Å². The largest absolute Gasteiger partial charge is 0.426 e. The second-order valence-corrected chi connectivity index (χ2v) is 5.18. The van der Waals surface area contributed by atoms with Crippen LogP contribution in [-0.4, -0.2) is 16.9 Å². The van der Waals surface area contributed by atoms with Crippen molar-refractivity contribution >= 4 is 5.97 Å². The van der Waals surface area contributed by atoms with Crippen molar-refractivity contribution in [3.8, 4) is 0 Å². The Kier molecular flexibility index (Phi) is 8.44. The number of ether oxygens (including phenoxy) is 1. The Labute approximate surface area is 127 Å². The first-order valence-electron chi connectivity index (χ1n) is 7.76. The van der Waals surface area contributed by atoms with Crippen LogP contribution < -0.4 is 0 Å². The van der Waals surface area contributed by atoms with E-state index in [0.717, 1.165) is 12.8 Å². The lowest BCUT2D eigenvalue weighted by Crippen LogP contribution is -2.26. The molecular weight excluding hydrogens is 264 g/mol. The van der Waals surface area contributed by atoms with Crippen LogP contribution >= 0.6 is 0 Å². The Hall–Kier alpha value is -1.61. The molecule has 21 heavy (non-hydrogen) atoms. The van der Waals surface area contributed by atoms with E-state index >= 15 is 0 Å².